The van der Waals surface area contributed by atoms with Gasteiger partial charge in [0.05, 0.1) is 12.4 Å². The summed E-state index contributed by atoms with van der Waals surface area (Å²) in [7, 11) is 0. The number of imidazole rings is 1. The van der Waals surface area contributed by atoms with Crippen LogP contribution in [0.2, 0.25) is 0 Å². The number of aromatic nitrogens is 2. The predicted octanol–water partition coefficient (Wildman–Crippen LogP) is 0.986. The van der Waals surface area contributed by atoms with Crippen LogP contribution in [0.5, 0.6) is 11.6 Å². The summed E-state index contributed by atoms with van der Waals surface area (Å²) in [5.74, 6) is -3.04. The molecule has 0 saturated heterocycles. The Morgan fingerprint density at radius 1 is 1.14 bits per heavy atom. The van der Waals surface area contributed by atoms with Gasteiger partial charge in [0.15, 0.2) is 0 Å². The van der Waals surface area contributed by atoms with E-state index in [-0.39, 0.29) is 17.1 Å². The maximum absolute atomic E-state index is 12.0. The van der Waals surface area contributed by atoms with E-state index in [1.807, 2.05) is 0 Å². The van der Waals surface area contributed by atoms with Gasteiger partial charge in [-0.05, 0) is 30.3 Å². The quantitative estimate of drug-likeness (QED) is 0.454. The van der Waals surface area contributed by atoms with E-state index < -0.39 is 30.1 Å². The number of furan rings is 1. The summed E-state index contributed by atoms with van der Waals surface area (Å²) in [4.78, 5) is 33.8. The summed E-state index contributed by atoms with van der Waals surface area (Å²) < 4.78 is 6.87. The fourth-order valence-corrected chi connectivity index (χ4v) is 2.38. The van der Waals surface area contributed by atoms with E-state index in [1.54, 1.807) is 0 Å². The molecule has 0 amide bonds. The van der Waals surface area contributed by atoms with Gasteiger partial charge in [-0.1, -0.05) is 0 Å². The number of carbonyl (C=O) groups is 2. The third-order valence-electron chi connectivity index (χ3n) is 3.68. The van der Waals surface area contributed by atoms with Crippen molar-refractivity contribution in [2.45, 2.75) is 6.54 Å². The van der Waals surface area contributed by atoms with Crippen LogP contribution >= 0.6 is 0 Å². The van der Waals surface area contributed by atoms with E-state index in [9.17, 15) is 24.6 Å². The van der Waals surface area contributed by atoms with Crippen molar-refractivity contribution in [1.82, 2.24) is 9.24 Å². The molecule has 0 radical (unpaired) electrons. The lowest BCUT2D eigenvalue weighted by Gasteiger charge is -2.02. The Labute approximate surface area is 155 Å². The van der Waals surface area contributed by atoms with Gasteiger partial charge in [-0.15, -0.1) is 0 Å². The molecule has 0 aliphatic heterocycles. The summed E-state index contributed by atoms with van der Waals surface area (Å²) in [5, 5.41) is 40.8. The average Bonchev–Trinajstić information content (AvgIpc) is 3.20. The molecular formula is C17H13N3O8. The van der Waals surface area contributed by atoms with Gasteiger partial charge >= 0.3 is 17.6 Å². The number of aromatic hydroxyl groups is 2. The third-order valence-corrected chi connectivity index (χ3v) is 3.68. The summed E-state index contributed by atoms with van der Waals surface area (Å²) in [6.07, 6.45) is 2.11. The lowest BCUT2D eigenvalue weighted by molar-refractivity contribution is -0.137. The Kier molecular flexibility index (Phi) is 4.73. The molecule has 4 N–H and O–H groups in total. The molecule has 0 bridgehead atoms. The largest absolute Gasteiger partial charge is 0.507 e. The highest BCUT2D eigenvalue weighted by Gasteiger charge is 2.14. The van der Waals surface area contributed by atoms with E-state index in [0.717, 1.165) is 17.1 Å². The van der Waals surface area contributed by atoms with Crippen molar-refractivity contribution >= 4 is 18.2 Å². The average molecular weight is 387 g/mol. The summed E-state index contributed by atoms with van der Waals surface area (Å²) >= 11 is 0. The van der Waals surface area contributed by atoms with Crippen molar-refractivity contribution in [2.24, 2.45) is 5.10 Å². The number of hydrogen-bond acceptors (Lipinski definition) is 7. The van der Waals surface area contributed by atoms with Crippen molar-refractivity contribution in [3.8, 4) is 23.0 Å². The number of rotatable bonds is 6. The summed E-state index contributed by atoms with van der Waals surface area (Å²) in [5.41, 5.74) is -0.740. The van der Waals surface area contributed by atoms with E-state index in [1.165, 1.54) is 30.3 Å². The van der Waals surface area contributed by atoms with Gasteiger partial charge < -0.3 is 24.8 Å². The maximum atomic E-state index is 12.0. The second-order valence-corrected chi connectivity index (χ2v) is 5.58. The second-order valence-electron chi connectivity index (χ2n) is 5.58. The minimum absolute atomic E-state index is 0.206. The van der Waals surface area contributed by atoms with Gasteiger partial charge in [-0.25, -0.2) is 9.59 Å². The zero-order valence-electron chi connectivity index (χ0n) is 14.0. The highest BCUT2D eigenvalue weighted by Crippen LogP contribution is 2.27. The summed E-state index contributed by atoms with van der Waals surface area (Å²) in [6, 6.07) is 6.98. The first-order valence-electron chi connectivity index (χ1n) is 7.70. The Hall–Kier alpha value is -4.28. The normalized spacial score (nSPS) is 11.1. The molecule has 0 unspecified atom stereocenters. The van der Waals surface area contributed by atoms with Crippen molar-refractivity contribution < 1.29 is 34.4 Å². The highest BCUT2D eigenvalue weighted by atomic mass is 16.4. The first-order chi connectivity index (χ1) is 13.3. The van der Waals surface area contributed by atoms with E-state index in [0.29, 0.717) is 15.9 Å². The van der Waals surface area contributed by atoms with Crippen LogP contribution in [0.25, 0.3) is 11.3 Å². The number of benzene rings is 1. The first-order valence-corrected chi connectivity index (χ1v) is 7.70. The molecule has 11 heteroatoms. The monoisotopic (exact) mass is 387 g/mol. The molecule has 2 aromatic heterocycles. The predicted molar refractivity (Wildman–Crippen MR) is 93.8 cm³/mol. The van der Waals surface area contributed by atoms with Crippen LogP contribution < -0.4 is 5.69 Å². The van der Waals surface area contributed by atoms with E-state index in [2.05, 4.69) is 5.10 Å². The topological polar surface area (TPSA) is 167 Å². The number of nitrogens with zero attached hydrogens (tertiary/aromatic N) is 3. The number of hydrogen-bond donors (Lipinski definition) is 4. The fraction of sp³-hybridized carbons (Fsp3) is 0.0588. The Balaban J connectivity index is 1.86. The SMILES string of the molecule is O=C(O)Cn1c(O)cn(/N=C/c2ccc(-c3ccc(O)c(C(=O)O)c3)o2)c1=O. The molecule has 0 saturated carbocycles. The minimum atomic E-state index is -1.30. The van der Waals surface area contributed by atoms with Crippen molar-refractivity contribution in [2.75, 3.05) is 0 Å². The van der Waals surface area contributed by atoms with Crippen LogP contribution in [0.15, 0.2) is 50.8 Å². The van der Waals surface area contributed by atoms with Gasteiger partial charge in [-0.3, -0.25) is 9.36 Å². The lowest BCUT2D eigenvalue weighted by Crippen LogP contribution is -2.25. The Morgan fingerprint density at radius 2 is 1.89 bits per heavy atom. The molecule has 144 valence electrons. The molecular weight excluding hydrogens is 374 g/mol. The second kappa shape index (κ2) is 7.15. The van der Waals surface area contributed by atoms with Crippen molar-refractivity contribution in [3.63, 3.8) is 0 Å². The fourth-order valence-electron chi connectivity index (χ4n) is 2.38. The molecule has 3 aromatic rings. The van der Waals surface area contributed by atoms with Gasteiger partial charge in [0.1, 0.15) is 29.4 Å². The highest BCUT2D eigenvalue weighted by molar-refractivity contribution is 5.92. The van der Waals surface area contributed by atoms with E-state index >= 15 is 0 Å². The minimum Gasteiger partial charge on any atom is -0.507 e. The zero-order chi connectivity index (χ0) is 20.4. The molecule has 0 aliphatic rings. The van der Waals surface area contributed by atoms with Crippen molar-refractivity contribution in [3.05, 3.63) is 58.3 Å². The van der Waals surface area contributed by atoms with Crippen LogP contribution in [0.1, 0.15) is 16.1 Å². The molecule has 0 fully saturated rings. The van der Waals surface area contributed by atoms with Crippen LogP contribution in [0.3, 0.4) is 0 Å². The number of aliphatic carboxylic acids is 1. The molecule has 3 rings (SSSR count). The van der Waals surface area contributed by atoms with E-state index in [4.69, 9.17) is 14.6 Å². The number of carboxylic acid groups (broad SMARTS) is 2. The van der Waals surface area contributed by atoms with Crippen molar-refractivity contribution in [1.29, 1.82) is 0 Å². The number of aromatic carboxylic acids is 1. The molecule has 28 heavy (non-hydrogen) atoms. The van der Waals surface area contributed by atoms with Crippen LogP contribution in [-0.2, 0) is 11.3 Å². The van der Waals surface area contributed by atoms with Gasteiger partial charge in [0.2, 0.25) is 5.88 Å². The van der Waals surface area contributed by atoms with Gasteiger partial charge in [0, 0.05) is 5.56 Å². The third kappa shape index (κ3) is 3.62. The van der Waals surface area contributed by atoms with Crippen LogP contribution in [-0.4, -0.2) is 47.8 Å². The lowest BCUT2D eigenvalue weighted by atomic mass is 10.1. The smallest absolute Gasteiger partial charge is 0.352 e. The van der Waals surface area contributed by atoms with Crippen LogP contribution in [0, 0.1) is 0 Å². The number of phenols is 1. The molecule has 11 nitrogen and oxygen atoms in total. The van der Waals surface area contributed by atoms with Crippen LogP contribution in [0.4, 0.5) is 0 Å². The van der Waals surface area contributed by atoms with Gasteiger partial charge in [-0.2, -0.15) is 9.78 Å². The van der Waals surface area contributed by atoms with Gasteiger partial charge in [0.25, 0.3) is 0 Å². The molecule has 0 aliphatic carbocycles. The Morgan fingerprint density at radius 3 is 2.57 bits per heavy atom. The standard InChI is InChI=1S/C17H13N3O8/c21-12-3-1-9(5-11(12)16(25)26)13-4-2-10(28-13)6-18-20-7-14(22)19(17(20)27)8-15(23)24/h1-7,21-22H,8H2,(H,23,24)(H,25,26)/b18-6+. The summed E-state index contributed by atoms with van der Waals surface area (Å²) in [6.45, 7) is -0.717. The molecule has 1 aromatic carbocycles. The number of carboxylic acids is 2. The Bertz CT molecular complexity index is 1150. The molecule has 0 atom stereocenters. The molecule has 2 heterocycles. The first kappa shape index (κ1) is 18.5. The molecule has 0 spiro atoms. The zero-order valence-corrected chi connectivity index (χ0v) is 14.0. The maximum Gasteiger partial charge on any atom is 0.352 e.